The summed E-state index contributed by atoms with van der Waals surface area (Å²) in [6.07, 6.45) is 0. The number of hydrogen-bond donors (Lipinski definition) is 1. The van der Waals surface area contributed by atoms with Crippen molar-refractivity contribution in [3.63, 3.8) is 0 Å². The van der Waals surface area contributed by atoms with Gasteiger partial charge in [0.1, 0.15) is 5.82 Å². The van der Waals surface area contributed by atoms with Crippen LogP contribution in [0.1, 0.15) is 11.1 Å². The highest BCUT2D eigenvalue weighted by Gasteiger charge is 2.12. The maximum Gasteiger partial charge on any atom is 0.275 e. The Labute approximate surface area is 104 Å². The highest BCUT2D eigenvalue weighted by atomic mass is 16.6. The maximum absolute atomic E-state index is 10.8. The predicted molar refractivity (Wildman–Crippen MR) is 70.2 cm³/mol. The van der Waals surface area contributed by atoms with E-state index in [2.05, 4.69) is 4.98 Å². The average Bonchev–Trinajstić information content (AvgIpc) is 2.31. The summed E-state index contributed by atoms with van der Waals surface area (Å²) >= 11 is 0. The fourth-order valence-electron chi connectivity index (χ4n) is 1.81. The van der Waals surface area contributed by atoms with Crippen LogP contribution in [0, 0.1) is 24.0 Å². The first-order chi connectivity index (χ1) is 8.49. The third kappa shape index (κ3) is 2.15. The van der Waals surface area contributed by atoms with Gasteiger partial charge < -0.3 is 5.73 Å². The molecule has 1 aromatic heterocycles. The van der Waals surface area contributed by atoms with Crippen molar-refractivity contribution in [2.24, 2.45) is 0 Å². The van der Waals surface area contributed by atoms with Crippen LogP contribution in [0.15, 0.2) is 30.3 Å². The summed E-state index contributed by atoms with van der Waals surface area (Å²) in [5.74, 6) is 0.153. The van der Waals surface area contributed by atoms with Crippen LogP contribution in [0.25, 0.3) is 11.3 Å². The molecule has 0 bridgehead atoms. The van der Waals surface area contributed by atoms with Gasteiger partial charge in [0, 0.05) is 11.6 Å². The second kappa shape index (κ2) is 4.44. The van der Waals surface area contributed by atoms with Gasteiger partial charge in [0.2, 0.25) is 0 Å². The molecule has 0 aliphatic heterocycles. The molecule has 0 unspecified atom stereocenters. The Kier molecular flexibility index (Phi) is 2.97. The lowest BCUT2D eigenvalue weighted by Gasteiger charge is -2.08. The van der Waals surface area contributed by atoms with E-state index >= 15 is 0 Å². The van der Waals surface area contributed by atoms with E-state index in [1.165, 1.54) is 12.1 Å². The molecule has 0 aliphatic carbocycles. The molecule has 0 saturated carbocycles. The van der Waals surface area contributed by atoms with Crippen LogP contribution in [0.4, 0.5) is 11.5 Å². The summed E-state index contributed by atoms with van der Waals surface area (Å²) < 4.78 is 0. The van der Waals surface area contributed by atoms with Gasteiger partial charge >= 0.3 is 0 Å². The van der Waals surface area contributed by atoms with Gasteiger partial charge in [0.25, 0.3) is 5.69 Å². The number of rotatable bonds is 2. The van der Waals surface area contributed by atoms with Crippen LogP contribution in [-0.2, 0) is 0 Å². The molecule has 0 radical (unpaired) electrons. The lowest BCUT2D eigenvalue weighted by Crippen LogP contribution is -1.98. The Hall–Kier alpha value is -2.43. The predicted octanol–water partition coefficient (Wildman–Crippen LogP) is 2.86. The number of hydrogen-bond acceptors (Lipinski definition) is 4. The highest BCUT2D eigenvalue weighted by molar-refractivity contribution is 5.68. The quantitative estimate of drug-likeness (QED) is 0.649. The van der Waals surface area contributed by atoms with E-state index in [1.54, 1.807) is 0 Å². The second-order valence-corrected chi connectivity index (χ2v) is 4.14. The first kappa shape index (κ1) is 12.0. The van der Waals surface area contributed by atoms with Gasteiger partial charge in [-0.2, -0.15) is 0 Å². The van der Waals surface area contributed by atoms with E-state index in [1.807, 2.05) is 32.0 Å². The minimum Gasteiger partial charge on any atom is -0.383 e. The van der Waals surface area contributed by atoms with Crippen molar-refractivity contribution in [1.29, 1.82) is 0 Å². The van der Waals surface area contributed by atoms with Crippen molar-refractivity contribution in [3.05, 3.63) is 51.6 Å². The first-order valence-electron chi connectivity index (χ1n) is 5.47. The summed E-state index contributed by atoms with van der Waals surface area (Å²) in [5, 5.41) is 10.8. The summed E-state index contributed by atoms with van der Waals surface area (Å²) in [6, 6.07) is 8.47. The summed E-state index contributed by atoms with van der Waals surface area (Å²) in [5.41, 5.74) is 9.12. The zero-order valence-electron chi connectivity index (χ0n) is 10.2. The van der Waals surface area contributed by atoms with Crippen LogP contribution in [0.5, 0.6) is 0 Å². The Morgan fingerprint density at radius 2 is 2.00 bits per heavy atom. The normalized spacial score (nSPS) is 10.3. The monoisotopic (exact) mass is 243 g/mol. The van der Waals surface area contributed by atoms with Gasteiger partial charge in [-0.3, -0.25) is 10.1 Å². The van der Waals surface area contributed by atoms with Crippen molar-refractivity contribution < 1.29 is 4.92 Å². The third-order valence-electron chi connectivity index (χ3n) is 2.92. The first-order valence-corrected chi connectivity index (χ1v) is 5.47. The van der Waals surface area contributed by atoms with Crippen LogP contribution in [0.2, 0.25) is 0 Å². The van der Waals surface area contributed by atoms with Crippen molar-refractivity contribution in [2.75, 3.05) is 5.73 Å². The van der Waals surface area contributed by atoms with E-state index in [4.69, 9.17) is 5.73 Å². The number of pyridine rings is 1. The molecule has 92 valence electrons. The fraction of sp³-hybridized carbons (Fsp3) is 0.154. The third-order valence-corrected chi connectivity index (χ3v) is 2.92. The summed E-state index contributed by atoms with van der Waals surface area (Å²) in [6.45, 7) is 3.95. The highest BCUT2D eigenvalue weighted by Crippen LogP contribution is 2.27. The molecule has 0 aliphatic rings. The minimum absolute atomic E-state index is 0.0431. The largest absolute Gasteiger partial charge is 0.383 e. The molecule has 0 spiro atoms. The molecule has 0 amide bonds. The Balaban J connectivity index is 2.64. The van der Waals surface area contributed by atoms with Crippen LogP contribution in [-0.4, -0.2) is 9.91 Å². The summed E-state index contributed by atoms with van der Waals surface area (Å²) in [4.78, 5) is 14.5. The lowest BCUT2D eigenvalue weighted by atomic mass is 10.0. The van der Waals surface area contributed by atoms with Crippen molar-refractivity contribution in [2.45, 2.75) is 13.8 Å². The van der Waals surface area contributed by atoms with E-state index in [9.17, 15) is 10.1 Å². The molecule has 5 heteroatoms. The zero-order chi connectivity index (χ0) is 13.3. The molecule has 2 rings (SSSR count). The lowest BCUT2D eigenvalue weighted by molar-refractivity contribution is -0.384. The Morgan fingerprint density at radius 1 is 1.28 bits per heavy atom. The SMILES string of the molecule is Cc1cccc(-c2cc([N+](=O)[O-])cc(N)n2)c1C. The molecule has 0 saturated heterocycles. The van der Waals surface area contributed by atoms with Crippen molar-refractivity contribution in [3.8, 4) is 11.3 Å². The minimum atomic E-state index is -0.466. The molecule has 1 heterocycles. The Bertz CT molecular complexity index is 624. The zero-order valence-corrected chi connectivity index (χ0v) is 10.2. The maximum atomic E-state index is 10.8. The number of nitrogens with zero attached hydrogens (tertiary/aromatic N) is 2. The molecule has 5 nitrogen and oxygen atoms in total. The van der Waals surface area contributed by atoms with Crippen molar-refractivity contribution >= 4 is 11.5 Å². The molecule has 0 fully saturated rings. The van der Waals surface area contributed by atoms with E-state index in [-0.39, 0.29) is 11.5 Å². The number of aromatic nitrogens is 1. The van der Waals surface area contributed by atoms with Crippen LogP contribution in [0.3, 0.4) is 0 Å². The molecule has 2 N–H and O–H groups in total. The average molecular weight is 243 g/mol. The molecular formula is C13H13N3O2. The van der Waals surface area contributed by atoms with Gasteiger partial charge in [0.15, 0.2) is 0 Å². The topological polar surface area (TPSA) is 82.0 Å². The number of aryl methyl sites for hydroxylation is 1. The number of nitrogens with two attached hydrogens (primary N) is 1. The van der Waals surface area contributed by atoms with E-state index in [0.29, 0.717) is 5.69 Å². The fourth-order valence-corrected chi connectivity index (χ4v) is 1.81. The smallest absolute Gasteiger partial charge is 0.275 e. The molecule has 18 heavy (non-hydrogen) atoms. The molecule has 1 aromatic carbocycles. The van der Waals surface area contributed by atoms with Gasteiger partial charge in [-0.1, -0.05) is 18.2 Å². The van der Waals surface area contributed by atoms with Gasteiger partial charge in [-0.15, -0.1) is 0 Å². The van der Waals surface area contributed by atoms with Gasteiger partial charge in [0.05, 0.1) is 16.7 Å². The van der Waals surface area contributed by atoms with Gasteiger partial charge in [-0.05, 0) is 25.0 Å². The second-order valence-electron chi connectivity index (χ2n) is 4.14. The van der Waals surface area contributed by atoms with Crippen molar-refractivity contribution in [1.82, 2.24) is 4.98 Å². The van der Waals surface area contributed by atoms with Crippen LogP contribution >= 0.6 is 0 Å². The van der Waals surface area contributed by atoms with Gasteiger partial charge in [-0.25, -0.2) is 4.98 Å². The molecular weight excluding hydrogens is 230 g/mol. The summed E-state index contributed by atoms with van der Waals surface area (Å²) in [7, 11) is 0. The number of benzene rings is 1. The number of nitro groups is 1. The van der Waals surface area contributed by atoms with E-state index < -0.39 is 4.92 Å². The van der Waals surface area contributed by atoms with E-state index in [0.717, 1.165) is 16.7 Å². The molecule has 2 aromatic rings. The number of nitrogen functional groups attached to an aromatic ring is 1. The number of anilines is 1. The molecule has 0 atom stereocenters. The Morgan fingerprint density at radius 3 is 2.67 bits per heavy atom. The van der Waals surface area contributed by atoms with Crippen LogP contribution < -0.4 is 5.73 Å². The standard InChI is InChI=1S/C13H13N3O2/c1-8-4-3-5-11(9(8)2)12-6-10(16(17)18)7-13(14)15-12/h3-7H,1-2H3,(H2,14,15).